The van der Waals surface area contributed by atoms with E-state index in [1.165, 1.54) is 12.5 Å². The number of benzene rings is 1. The highest BCUT2D eigenvalue weighted by molar-refractivity contribution is 6.30. The van der Waals surface area contributed by atoms with Crippen molar-refractivity contribution in [2.75, 3.05) is 18.4 Å². The Hall–Kier alpha value is -3.72. The van der Waals surface area contributed by atoms with Crippen LogP contribution in [-0.4, -0.2) is 50.2 Å². The number of halogens is 1. The molecule has 4 heterocycles. The van der Waals surface area contributed by atoms with Gasteiger partial charge in [-0.1, -0.05) is 34.0 Å². The maximum atomic E-state index is 12.5. The van der Waals surface area contributed by atoms with Gasteiger partial charge in [-0.15, -0.1) is 0 Å². The Balaban J connectivity index is 1.35. The fourth-order valence-electron chi connectivity index (χ4n) is 3.81. The summed E-state index contributed by atoms with van der Waals surface area (Å²) in [7, 11) is 0. The molecular formula is C22H19ClN6O3. The summed E-state index contributed by atoms with van der Waals surface area (Å²) in [5, 5.41) is 11.8. The highest BCUT2D eigenvalue weighted by Gasteiger charge is 2.28. The van der Waals surface area contributed by atoms with Gasteiger partial charge in [0.15, 0.2) is 0 Å². The zero-order valence-electron chi connectivity index (χ0n) is 17.2. The molecule has 5 rings (SSSR count). The van der Waals surface area contributed by atoms with Crippen molar-refractivity contribution in [3.8, 4) is 22.5 Å². The summed E-state index contributed by atoms with van der Waals surface area (Å²) in [6, 6.07) is 9.28. The predicted molar refractivity (Wildman–Crippen MR) is 117 cm³/mol. The van der Waals surface area contributed by atoms with Crippen molar-refractivity contribution >= 4 is 23.5 Å². The Morgan fingerprint density at radius 3 is 3.03 bits per heavy atom. The van der Waals surface area contributed by atoms with Gasteiger partial charge in [-0.3, -0.25) is 4.79 Å². The quantitative estimate of drug-likeness (QED) is 0.484. The molecular weight excluding hydrogens is 432 g/mol. The van der Waals surface area contributed by atoms with E-state index >= 15 is 0 Å². The highest BCUT2D eigenvalue weighted by Crippen LogP contribution is 2.34. The van der Waals surface area contributed by atoms with Crippen LogP contribution in [0.1, 0.15) is 22.5 Å². The lowest BCUT2D eigenvalue weighted by Gasteiger charge is -2.16. The van der Waals surface area contributed by atoms with Crippen LogP contribution in [0.3, 0.4) is 0 Å². The number of aromatic nitrogens is 4. The van der Waals surface area contributed by atoms with Crippen LogP contribution in [0.25, 0.3) is 22.5 Å². The topological polar surface area (TPSA) is 110 Å². The van der Waals surface area contributed by atoms with E-state index in [9.17, 15) is 4.79 Å². The minimum Gasteiger partial charge on any atom is -0.364 e. The minimum absolute atomic E-state index is 0.0324. The molecule has 9 nitrogen and oxygen atoms in total. The van der Waals surface area contributed by atoms with Crippen molar-refractivity contribution < 1.29 is 13.8 Å². The average Bonchev–Trinajstić information content (AvgIpc) is 3.55. The van der Waals surface area contributed by atoms with E-state index in [-0.39, 0.29) is 11.9 Å². The molecule has 4 aromatic rings. The number of nitrogens with one attached hydrogen (secondary N) is 1. The zero-order valence-corrected chi connectivity index (χ0v) is 17.9. The number of aryl methyl sites for hydroxylation is 1. The molecule has 1 fully saturated rings. The lowest BCUT2D eigenvalue weighted by Crippen LogP contribution is -2.31. The second kappa shape index (κ2) is 8.43. The summed E-state index contributed by atoms with van der Waals surface area (Å²) in [6.45, 7) is 3.01. The molecule has 0 unspecified atom stereocenters. The first kappa shape index (κ1) is 20.2. The molecule has 1 aromatic carbocycles. The summed E-state index contributed by atoms with van der Waals surface area (Å²) in [5.41, 5.74) is 3.43. The van der Waals surface area contributed by atoms with Crippen LogP contribution in [0.5, 0.6) is 0 Å². The van der Waals surface area contributed by atoms with Crippen LogP contribution >= 0.6 is 11.6 Å². The van der Waals surface area contributed by atoms with E-state index in [0.717, 1.165) is 17.5 Å². The van der Waals surface area contributed by atoms with Gasteiger partial charge in [0.05, 0.1) is 23.0 Å². The molecule has 1 aliphatic rings. The molecule has 3 aromatic heterocycles. The van der Waals surface area contributed by atoms with Crippen molar-refractivity contribution in [1.82, 2.24) is 25.2 Å². The molecule has 0 radical (unpaired) electrons. The molecule has 162 valence electrons. The van der Waals surface area contributed by atoms with Crippen LogP contribution in [0.4, 0.5) is 5.95 Å². The van der Waals surface area contributed by atoms with E-state index < -0.39 is 0 Å². The average molecular weight is 451 g/mol. The maximum Gasteiger partial charge on any atom is 0.258 e. The van der Waals surface area contributed by atoms with Crippen molar-refractivity contribution in [2.24, 2.45) is 0 Å². The molecule has 1 atom stereocenters. The molecule has 1 saturated heterocycles. The molecule has 0 spiro atoms. The van der Waals surface area contributed by atoms with Gasteiger partial charge in [0.25, 0.3) is 5.91 Å². The van der Waals surface area contributed by atoms with Gasteiger partial charge < -0.3 is 19.3 Å². The first-order valence-corrected chi connectivity index (χ1v) is 10.5. The molecule has 0 aliphatic carbocycles. The van der Waals surface area contributed by atoms with Gasteiger partial charge in [0.1, 0.15) is 17.7 Å². The molecule has 1 amide bonds. The Kier molecular flexibility index (Phi) is 5.32. The monoisotopic (exact) mass is 450 g/mol. The number of amides is 1. The first-order chi connectivity index (χ1) is 15.6. The number of carbonyl (C=O) groups is 1. The van der Waals surface area contributed by atoms with E-state index in [1.807, 2.05) is 37.3 Å². The number of nitrogens with zero attached hydrogens (tertiary/aromatic N) is 5. The van der Waals surface area contributed by atoms with Crippen LogP contribution in [0, 0.1) is 6.92 Å². The smallest absolute Gasteiger partial charge is 0.258 e. The van der Waals surface area contributed by atoms with Crippen LogP contribution < -0.4 is 5.32 Å². The number of hydrogen-bond acceptors (Lipinski definition) is 8. The van der Waals surface area contributed by atoms with Gasteiger partial charge in [0.2, 0.25) is 5.95 Å². The molecule has 0 bridgehead atoms. The van der Waals surface area contributed by atoms with E-state index in [1.54, 1.807) is 11.1 Å². The first-order valence-electron chi connectivity index (χ1n) is 10.1. The van der Waals surface area contributed by atoms with Crippen molar-refractivity contribution in [1.29, 1.82) is 0 Å². The van der Waals surface area contributed by atoms with Crippen molar-refractivity contribution in [3.63, 3.8) is 0 Å². The van der Waals surface area contributed by atoms with E-state index in [0.29, 0.717) is 46.8 Å². The second-order valence-corrected chi connectivity index (χ2v) is 7.97. The fraction of sp³-hybridized carbons (Fsp3) is 0.227. The normalized spacial score (nSPS) is 15.8. The molecule has 32 heavy (non-hydrogen) atoms. The number of carbonyl (C=O) groups excluding carboxylic acids is 1. The number of rotatable bonds is 5. The Bertz CT molecular complexity index is 1260. The van der Waals surface area contributed by atoms with Gasteiger partial charge >= 0.3 is 0 Å². The van der Waals surface area contributed by atoms with E-state index in [2.05, 4.69) is 25.6 Å². The second-order valence-electron chi connectivity index (χ2n) is 7.53. The lowest BCUT2D eigenvalue weighted by atomic mass is 10.0. The van der Waals surface area contributed by atoms with Gasteiger partial charge in [-0.2, -0.15) is 0 Å². The summed E-state index contributed by atoms with van der Waals surface area (Å²) in [6.07, 6.45) is 5.25. The van der Waals surface area contributed by atoms with E-state index in [4.69, 9.17) is 20.6 Å². The standard InChI is InChI=1S/C22H19ClN6O3/c1-13-19(20(28-32-13)14-3-2-4-16(23)9-14)18-5-7-24-22(27-18)26-17-6-8-29(11-17)21(30)15-10-25-31-12-15/h2-5,7,9-10,12,17H,6,8,11H2,1H3,(H,24,26,27)/t17-/m1/s1. The highest BCUT2D eigenvalue weighted by atomic mass is 35.5. The lowest BCUT2D eigenvalue weighted by molar-refractivity contribution is 0.0791. The fourth-order valence-corrected chi connectivity index (χ4v) is 4.00. The minimum atomic E-state index is -0.100. The number of likely N-dealkylation sites (tertiary alicyclic amines) is 1. The zero-order chi connectivity index (χ0) is 22.1. The van der Waals surface area contributed by atoms with Crippen LogP contribution in [0.2, 0.25) is 5.02 Å². The molecule has 1 N–H and O–H groups in total. The SMILES string of the molecule is Cc1onc(-c2cccc(Cl)c2)c1-c1ccnc(N[C@@H]2CCN(C(=O)c3cnoc3)C2)n1. The van der Waals surface area contributed by atoms with Crippen molar-refractivity contribution in [2.45, 2.75) is 19.4 Å². The van der Waals surface area contributed by atoms with Gasteiger partial charge in [-0.05, 0) is 31.5 Å². The number of anilines is 1. The molecule has 0 saturated carbocycles. The molecule has 1 aliphatic heterocycles. The summed E-state index contributed by atoms with van der Waals surface area (Å²) in [4.78, 5) is 23.3. The van der Waals surface area contributed by atoms with Gasteiger partial charge in [-0.25, -0.2) is 9.97 Å². The number of hydrogen-bond donors (Lipinski definition) is 1. The molecule has 10 heteroatoms. The third-order valence-corrected chi connectivity index (χ3v) is 5.60. The summed E-state index contributed by atoms with van der Waals surface area (Å²) < 4.78 is 10.2. The Morgan fingerprint density at radius 2 is 2.22 bits per heavy atom. The third-order valence-electron chi connectivity index (χ3n) is 5.36. The van der Waals surface area contributed by atoms with Crippen LogP contribution in [-0.2, 0) is 0 Å². The maximum absolute atomic E-state index is 12.5. The summed E-state index contributed by atoms with van der Waals surface area (Å²) in [5.74, 6) is 1.02. The largest absolute Gasteiger partial charge is 0.364 e. The Morgan fingerprint density at radius 1 is 1.31 bits per heavy atom. The van der Waals surface area contributed by atoms with Crippen molar-refractivity contribution in [3.05, 3.63) is 65.3 Å². The van der Waals surface area contributed by atoms with Crippen LogP contribution in [0.15, 0.2) is 58.0 Å². The Labute approximate surface area is 188 Å². The predicted octanol–water partition coefficient (Wildman–Crippen LogP) is 4.08. The summed E-state index contributed by atoms with van der Waals surface area (Å²) >= 11 is 6.16. The van der Waals surface area contributed by atoms with Gasteiger partial charge in [0, 0.05) is 35.9 Å². The third kappa shape index (κ3) is 3.94.